The second-order valence-electron chi connectivity index (χ2n) is 7.79. The van der Waals surface area contributed by atoms with Crippen molar-refractivity contribution >= 4 is 18.5 Å². The molecule has 7 heteroatoms. The summed E-state index contributed by atoms with van der Waals surface area (Å²) in [6.07, 6.45) is 2.64. The lowest BCUT2D eigenvalue weighted by atomic mass is 9.80. The molecule has 1 amide bonds. The lowest BCUT2D eigenvalue weighted by Crippen LogP contribution is -2.41. The summed E-state index contributed by atoms with van der Waals surface area (Å²) in [7, 11) is 1.60. The fourth-order valence-corrected chi connectivity index (χ4v) is 2.97. The Hall–Kier alpha value is -1.44. The number of rotatable bonds is 3. The predicted molar refractivity (Wildman–Crippen MR) is 93.3 cm³/mol. The van der Waals surface area contributed by atoms with Crippen LogP contribution in [0.1, 0.15) is 44.6 Å². The van der Waals surface area contributed by atoms with Gasteiger partial charge in [-0.2, -0.15) is 0 Å². The Labute approximate surface area is 144 Å². The van der Waals surface area contributed by atoms with Gasteiger partial charge in [-0.1, -0.05) is 6.07 Å². The normalized spacial score (nSPS) is 25.9. The summed E-state index contributed by atoms with van der Waals surface area (Å²) in [6.45, 7) is 9.96. The number of aromatic nitrogens is 1. The minimum absolute atomic E-state index is 0.129. The Morgan fingerprint density at radius 3 is 2.46 bits per heavy atom. The van der Waals surface area contributed by atoms with Gasteiger partial charge in [0.15, 0.2) is 0 Å². The summed E-state index contributed by atoms with van der Waals surface area (Å²) in [6, 6.07) is 3.78. The smallest absolute Gasteiger partial charge is 0.399 e. The first-order chi connectivity index (χ1) is 11.2. The second kappa shape index (κ2) is 6.13. The molecule has 3 heterocycles. The monoisotopic (exact) mass is 331 g/mol. The van der Waals surface area contributed by atoms with E-state index in [0.717, 1.165) is 25.0 Å². The number of nitrogens with one attached hydrogen (secondary N) is 1. The van der Waals surface area contributed by atoms with Crippen LogP contribution in [-0.2, 0) is 9.31 Å². The van der Waals surface area contributed by atoms with Gasteiger partial charge in [0, 0.05) is 24.2 Å². The number of nitrogens with zero attached hydrogens (tertiary/aromatic N) is 2. The van der Waals surface area contributed by atoms with Gasteiger partial charge in [-0.15, -0.1) is 0 Å². The van der Waals surface area contributed by atoms with Gasteiger partial charge in [0.05, 0.1) is 11.2 Å². The maximum atomic E-state index is 12.3. The van der Waals surface area contributed by atoms with Crippen molar-refractivity contribution < 1.29 is 14.1 Å². The summed E-state index contributed by atoms with van der Waals surface area (Å²) in [5, 5.41) is 3.04. The molecule has 0 spiro atoms. The second-order valence-corrected chi connectivity index (χ2v) is 7.79. The fraction of sp³-hybridized carbons (Fsp3) is 0.647. The molecule has 1 aromatic heterocycles. The Kier molecular flexibility index (Phi) is 4.44. The topological polar surface area (TPSA) is 63.7 Å². The van der Waals surface area contributed by atoms with Crippen LogP contribution >= 0.6 is 0 Å². The molecular formula is C17H26BN3O3. The van der Waals surface area contributed by atoms with Gasteiger partial charge >= 0.3 is 7.12 Å². The summed E-state index contributed by atoms with van der Waals surface area (Å²) in [5.41, 5.74) is 0.473. The third kappa shape index (κ3) is 3.34. The molecule has 0 bridgehead atoms. The summed E-state index contributed by atoms with van der Waals surface area (Å²) in [5.74, 6) is -0.129. The van der Waals surface area contributed by atoms with Gasteiger partial charge in [-0.3, -0.25) is 9.78 Å². The Bertz CT molecular complexity index is 602. The third-order valence-corrected chi connectivity index (χ3v) is 5.27. The van der Waals surface area contributed by atoms with Gasteiger partial charge < -0.3 is 19.5 Å². The Morgan fingerprint density at radius 1 is 1.29 bits per heavy atom. The Morgan fingerprint density at radius 2 is 1.96 bits per heavy atom. The van der Waals surface area contributed by atoms with E-state index in [1.165, 1.54) is 0 Å². The first-order valence-electron chi connectivity index (χ1n) is 8.49. The first kappa shape index (κ1) is 17.4. The van der Waals surface area contributed by atoms with E-state index in [2.05, 4.69) is 22.2 Å². The van der Waals surface area contributed by atoms with Crippen LogP contribution in [0, 0.1) is 0 Å². The van der Waals surface area contributed by atoms with E-state index in [0.29, 0.717) is 5.69 Å². The number of likely N-dealkylation sites (N-methyl/N-ethyl adjacent to an activating group) is 1. The first-order valence-corrected chi connectivity index (χ1v) is 8.49. The van der Waals surface area contributed by atoms with Crippen molar-refractivity contribution in [3.05, 3.63) is 24.0 Å². The molecule has 6 nitrogen and oxygen atoms in total. The number of hydrogen-bond acceptors (Lipinski definition) is 5. The highest BCUT2D eigenvalue weighted by Gasteiger charge is 2.51. The molecule has 2 aliphatic heterocycles. The van der Waals surface area contributed by atoms with E-state index in [1.807, 2.05) is 33.8 Å². The zero-order valence-electron chi connectivity index (χ0n) is 15.1. The van der Waals surface area contributed by atoms with Crippen LogP contribution < -0.4 is 10.8 Å². The van der Waals surface area contributed by atoms with Crippen LogP contribution in [0.25, 0.3) is 0 Å². The maximum absolute atomic E-state index is 12.3. The van der Waals surface area contributed by atoms with Crippen LogP contribution in [0.3, 0.4) is 0 Å². The van der Waals surface area contributed by atoms with Gasteiger partial charge in [0.1, 0.15) is 5.69 Å². The number of pyridine rings is 1. The van der Waals surface area contributed by atoms with E-state index < -0.39 is 7.12 Å². The lowest BCUT2D eigenvalue weighted by molar-refractivity contribution is 0.00578. The maximum Gasteiger partial charge on any atom is 0.496 e. The van der Waals surface area contributed by atoms with Crippen molar-refractivity contribution in [1.82, 2.24) is 15.2 Å². The Balaban J connectivity index is 1.65. The van der Waals surface area contributed by atoms with Crippen LogP contribution in [0.4, 0.5) is 0 Å². The summed E-state index contributed by atoms with van der Waals surface area (Å²) >= 11 is 0. The van der Waals surface area contributed by atoms with Crippen LogP contribution in [-0.4, -0.2) is 60.3 Å². The average Bonchev–Trinajstić information content (AvgIpc) is 3.00. The summed E-state index contributed by atoms with van der Waals surface area (Å²) in [4.78, 5) is 18.8. The fourth-order valence-electron chi connectivity index (χ4n) is 2.97. The number of likely N-dealkylation sites (tertiary alicyclic amines) is 1. The standard InChI is InChI=1S/C17H26BN3O3/c1-16(2)17(3,4)24-18(23-16)12-6-7-14(19-10-12)15(22)20-13-8-9-21(5)11-13/h6-7,10,13H,8-9,11H2,1-5H3,(H,20,22). The molecule has 1 N–H and O–H groups in total. The molecule has 0 aliphatic carbocycles. The molecule has 24 heavy (non-hydrogen) atoms. The minimum Gasteiger partial charge on any atom is -0.399 e. The highest BCUT2D eigenvalue weighted by Crippen LogP contribution is 2.36. The zero-order valence-corrected chi connectivity index (χ0v) is 15.1. The summed E-state index contributed by atoms with van der Waals surface area (Å²) < 4.78 is 12.0. The van der Waals surface area contributed by atoms with Gasteiger partial charge in [0.2, 0.25) is 0 Å². The van der Waals surface area contributed by atoms with Crippen LogP contribution in [0.15, 0.2) is 18.3 Å². The van der Waals surface area contributed by atoms with E-state index in [9.17, 15) is 4.79 Å². The molecule has 2 fully saturated rings. The van der Waals surface area contributed by atoms with Crippen molar-refractivity contribution in [2.45, 2.75) is 51.4 Å². The molecule has 0 aromatic carbocycles. The molecule has 3 rings (SSSR count). The number of carbonyl (C=O) groups is 1. The molecule has 0 radical (unpaired) electrons. The van der Waals surface area contributed by atoms with E-state index in [-0.39, 0.29) is 23.2 Å². The molecule has 2 aliphatic rings. The van der Waals surface area contributed by atoms with Crippen molar-refractivity contribution in [2.24, 2.45) is 0 Å². The quantitative estimate of drug-likeness (QED) is 0.831. The van der Waals surface area contributed by atoms with Gasteiger partial charge in [-0.05, 0) is 53.8 Å². The van der Waals surface area contributed by atoms with Crippen molar-refractivity contribution in [1.29, 1.82) is 0 Å². The van der Waals surface area contributed by atoms with E-state index in [4.69, 9.17) is 9.31 Å². The highest BCUT2D eigenvalue weighted by atomic mass is 16.7. The largest absolute Gasteiger partial charge is 0.496 e. The van der Waals surface area contributed by atoms with Gasteiger partial charge in [0.25, 0.3) is 5.91 Å². The third-order valence-electron chi connectivity index (χ3n) is 5.27. The van der Waals surface area contributed by atoms with Crippen molar-refractivity contribution in [3.63, 3.8) is 0 Å². The number of amides is 1. The number of hydrogen-bond donors (Lipinski definition) is 1. The van der Waals surface area contributed by atoms with Gasteiger partial charge in [-0.25, -0.2) is 0 Å². The van der Waals surface area contributed by atoms with E-state index >= 15 is 0 Å². The molecule has 130 valence electrons. The average molecular weight is 331 g/mol. The molecular weight excluding hydrogens is 305 g/mol. The molecule has 1 unspecified atom stereocenters. The van der Waals surface area contributed by atoms with Crippen LogP contribution in [0.5, 0.6) is 0 Å². The minimum atomic E-state index is -0.455. The van der Waals surface area contributed by atoms with E-state index in [1.54, 1.807) is 12.3 Å². The zero-order chi connectivity index (χ0) is 17.5. The molecule has 1 atom stereocenters. The molecule has 1 aromatic rings. The van der Waals surface area contributed by atoms with Crippen LogP contribution in [0.2, 0.25) is 0 Å². The van der Waals surface area contributed by atoms with Crippen molar-refractivity contribution in [3.8, 4) is 0 Å². The predicted octanol–water partition coefficient (Wildman–Crippen LogP) is 0.815. The molecule has 2 saturated heterocycles. The lowest BCUT2D eigenvalue weighted by Gasteiger charge is -2.32. The number of carbonyl (C=O) groups excluding carboxylic acids is 1. The molecule has 0 saturated carbocycles. The van der Waals surface area contributed by atoms with Crippen molar-refractivity contribution in [2.75, 3.05) is 20.1 Å². The highest BCUT2D eigenvalue weighted by molar-refractivity contribution is 6.62. The SMILES string of the molecule is CN1CCC(NC(=O)c2ccc(B3OC(C)(C)C(C)(C)O3)cn2)C1.